The first-order chi connectivity index (χ1) is 8.45. The minimum absolute atomic E-state index is 0.00783. The molecule has 0 fully saturated rings. The standard InChI is InChI=1S/C13H16FNO3/c1-4-18-13(17)12(16)9-5-6-10(8-15(2)3)11(14)7-9/h5-7H,4,8H2,1-3H3. The molecule has 0 saturated heterocycles. The van der Waals surface area contributed by atoms with Gasteiger partial charge in [0.25, 0.3) is 5.78 Å². The Labute approximate surface area is 105 Å². The highest BCUT2D eigenvalue weighted by molar-refractivity contribution is 6.40. The number of halogens is 1. The van der Waals surface area contributed by atoms with Crippen LogP contribution in [0.15, 0.2) is 18.2 Å². The van der Waals surface area contributed by atoms with Crippen molar-refractivity contribution in [2.75, 3.05) is 20.7 Å². The molecule has 0 spiro atoms. The third-order valence-electron chi connectivity index (χ3n) is 2.26. The largest absolute Gasteiger partial charge is 0.460 e. The average molecular weight is 253 g/mol. The van der Waals surface area contributed by atoms with Crippen molar-refractivity contribution in [1.29, 1.82) is 0 Å². The molecule has 4 nitrogen and oxygen atoms in total. The fourth-order valence-corrected chi connectivity index (χ4v) is 1.47. The number of Topliss-reactive ketones (excluding diaryl/α,β-unsaturated/α-hetero) is 1. The van der Waals surface area contributed by atoms with Crippen molar-refractivity contribution in [2.45, 2.75) is 13.5 Å². The van der Waals surface area contributed by atoms with Crippen LogP contribution in [-0.4, -0.2) is 37.4 Å². The first kappa shape index (κ1) is 14.3. The van der Waals surface area contributed by atoms with Gasteiger partial charge in [0.2, 0.25) is 0 Å². The Morgan fingerprint density at radius 3 is 2.50 bits per heavy atom. The van der Waals surface area contributed by atoms with Crippen molar-refractivity contribution in [1.82, 2.24) is 4.90 Å². The predicted octanol–water partition coefficient (Wildman–Crippen LogP) is 1.63. The molecule has 1 aromatic carbocycles. The Kier molecular flexibility index (Phi) is 4.97. The number of hydrogen-bond donors (Lipinski definition) is 0. The van der Waals surface area contributed by atoms with Crippen LogP contribution in [0.25, 0.3) is 0 Å². The van der Waals surface area contributed by atoms with Gasteiger partial charge in [0.1, 0.15) is 5.82 Å². The third-order valence-corrected chi connectivity index (χ3v) is 2.26. The summed E-state index contributed by atoms with van der Waals surface area (Å²) in [4.78, 5) is 24.6. The highest BCUT2D eigenvalue weighted by atomic mass is 19.1. The van der Waals surface area contributed by atoms with E-state index in [1.165, 1.54) is 12.1 Å². The van der Waals surface area contributed by atoms with Crippen LogP contribution in [0.4, 0.5) is 4.39 Å². The summed E-state index contributed by atoms with van der Waals surface area (Å²) < 4.78 is 18.3. The summed E-state index contributed by atoms with van der Waals surface area (Å²) in [5, 5.41) is 0. The first-order valence-corrected chi connectivity index (χ1v) is 5.60. The van der Waals surface area contributed by atoms with Crippen LogP contribution >= 0.6 is 0 Å². The van der Waals surface area contributed by atoms with Crippen LogP contribution < -0.4 is 0 Å². The van der Waals surface area contributed by atoms with Crippen LogP contribution in [0, 0.1) is 5.82 Å². The van der Waals surface area contributed by atoms with Crippen LogP contribution in [0.1, 0.15) is 22.8 Å². The van der Waals surface area contributed by atoms with E-state index in [-0.39, 0.29) is 12.2 Å². The maximum atomic E-state index is 13.7. The van der Waals surface area contributed by atoms with Gasteiger partial charge in [0.05, 0.1) is 6.61 Å². The molecule has 0 saturated carbocycles. The molecular formula is C13H16FNO3. The van der Waals surface area contributed by atoms with Gasteiger partial charge in [-0.05, 0) is 27.1 Å². The van der Waals surface area contributed by atoms with Crippen molar-refractivity contribution in [2.24, 2.45) is 0 Å². The maximum Gasteiger partial charge on any atom is 0.379 e. The molecular weight excluding hydrogens is 237 g/mol. The second-order valence-corrected chi connectivity index (χ2v) is 4.09. The molecule has 0 N–H and O–H groups in total. The maximum absolute atomic E-state index is 13.7. The van der Waals surface area contributed by atoms with Gasteiger partial charge in [0.15, 0.2) is 0 Å². The van der Waals surface area contributed by atoms with Gasteiger partial charge >= 0.3 is 5.97 Å². The highest BCUT2D eigenvalue weighted by Gasteiger charge is 2.18. The number of ketones is 1. The Hall–Kier alpha value is -1.75. The van der Waals surface area contributed by atoms with Gasteiger partial charge in [-0.15, -0.1) is 0 Å². The fourth-order valence-electron chi connectivity index (χ4n) is 1.47. The Morgan fingerprint density at radius 2 is 2.00 bits per heavy atom. The highest BCUT2D eigenvalue weighted by Crippen LogP contribution is 2.13. The molecule has 0 heterocycles. The van der Waals surface area contributed by atoms with Gasteiger partial charge in [0, 0.05) is 17.7 Å². The molecule has 18 heavy (non-hydrogen) atoms. The Morgan fingerprint density at radius 1 is 1.33 bits per heavy atom. The average Bonchev–Trinajstić information content (AvgIpc) is 2.30. The van der Waals surface area contributed by atoms with Crippen molar-refractivity contribution >= 4 is 11.8 Å². The molecule has 0 aromatic heterocycles. The van der Waals surface area contributed by atoms with E-state index in [2.05, 4.69) is 4.74 Å². The molecule has 5 heteroatoms. The summed E-state index contributed by atoms with van der Waals surface area (Å²) in [6.07, 6.45) is 0. The topological polar surface area (TPSA) is 46.6 Å². The van der Waals surface area contributed by atoms with E-state index in [1.54, 1.807) is 6.92 Å². The number of carbonyl (C=O) groups excluding carboxylic acids is 2. The van der Waals surface area contributed by atoms with Crippen molar-refractivity contribution < 1.29 is 18.7 Å². The molecule has 0 aliphatic rings. The molecule has 0 amide bonds. The monoisotopic (exact) mass is 253 g/mol. The van der Waals surface area contributed by atoms with Crippen LogP contribution in [-0.2, 0) is 16.1 Å². The number of nitrogens with zero attached hydrogens (tertiary/aromatic N) is 1. The second-order valence-electron chi connectivity index (χ2n) is 4.09. The predicted molar refractivity (Wildman–Crippen MR) is 64.8 cm³/mol. The van der Waals surface area contributed by atoms with E-state index in [9.17, 15) is 14.0 Å². The summed E-state index contributed by atoms with van der Waals surface area (Å²) >= 11 is 0. The quantitative estimate of drug-likeness (QED) is 0.454. The number of esters is 1. The lowest BCUT2D eigenvalue weighted by Crippen LogP contribution is -2.18. The summed E-state index contributed by atoms with van der Waals surface area (Å²) in [6, 6.07) is 4.00. The fraction of sp³-hybridized carbons (Fsp3) is 0.385. The summed E-state index contributed by atoms with van der Waals surface area (Å²) in [6.45, 7) is 2.15. The smallest absolute Gasteiger partial charge is 0.379 e. The zero-order chi connectivity index (χ0) is 13.7. The van der Waals surface area contributed by atoms with Crippen molar-refractivity contribution in [3.63, 3.8) is 0 Å². The Bertz CT molecular complexity index is 458. The summed E-state index contributed by atoms with van der Waals surface area (Å²) in [5.41, 5.74) is 0.480. The van der Waals surface area contributed by atoms with E-state index in [0.29, 0.717) is 12.1 Å². The van der Waals surface area contributed by atoms with Crippen LogP contribution in [0.5, 0.6) is 0 Å². The van der Waals surface area contributed by atoms with Crippen molar-refractivity contribution in [3.8, 4) is 0 Å². The SMILES string of the molecule is CCOC(=O)C(=O)c1ccc(CN(C)C)c(F)c1. The lowest BCUT2D eigenvalue weighted by atomic mass is 10.1. The van der Waals surface area contributed by atoms with Gasteiger partial charge in [-0.3, -0.25) is 4.79 Å². The van der Waals surface area contributed by atoms with Crippen LogP contribution in [0.2, 0.25) is 0 Å². The molecule has 0 bridgehead atoms. The number of carbonyl (C=O) groups is 2. The zero-order valence-corrected chi connectivity index (χ0v) is 10.7. The second kappa shape index (κ2) is 6.26. The van der Waals surface area contributed by atoms with E-state index >= 15 is 0 Å². The number of hydrogen-bond acceptors (Lipinski definition) is 4. The lowest BCUT2D eigenvalue weighted by molar-refractivity contribution is -0.137. The Balaban J connectivity index is 2.90. The first-order valence-electron chi connectivity index (χ1n) is 5.60. The van der Waals surface area contributed by atoms with Gasteiger partial charge < -0.3 is 9.64 Å². The minimum atomic E-state index is -0.961. The minimum Gasteiger partial charge on any atom is -0.460 e. The number of benzene rings is 1. The van der Waals surface area contributed by atoms with Gasteiger partial charge in [-0.1, -0.05) is 12.1 Å². The molecule has 0 radical (unpaired) electrons. The van der Waals surface area contributed by atoms with E-state index in [0.717, 1.165) is 6.07 Å². The molecule has 0 aliphatic heterocycles. The zero-order valence-electron chi connectivity index (χ0n) is 10.7. The molecule has 1 aromatic rings. The third kappa shape index (κ3) is 3.63. The lowest BCUT2D eigenvalue weighted by Gasteiger charge is -2.11. The van der Waals surface area contributed by atoms with E-state index in [1.807, 2.05) is 19.0 Å². The normalized spacial score (nSPS) is 10.5. The van der Waals surface area contributed by atoms with Gasteiger partial charge in [-0.25, -0.2) is 9.18 Å². The molecule has 0 unspecified atom stereocenters. The van der Waals surface area contributed by atoms with E-state index in [4.69, 9.17) is 0 Å². The van der Waals surface area contributed by atoms with Crippen LogP contribution in [0.3, 0.4) is 0 Å². The summed E-state index contributed by atoms with van der Waals surface area (Å²) in [7, 11) is 3.63. The number of rotatable bonds is 5. The number of ether oxygens (including phenoxy) is 1. The molecule has 0 atom stereocenters. The molecule has 98 valence electrons. The van der Waals surface area contributed by atoms with E-state index < -0.39 is 17.6 Å². The van der Waals surface area contributed by atoms with Crippen molar-refractivity contribution in [3.05, 3.63) is 35.1 Å². The summed E-state index contributed by atoms with van der Waals surface area (Å²) in [5.74, 6) is -2.29. The van der Waals surface area contributed by atoms with Gasteiger partial charge in [-0.2, -0.15) is 0 Å². The molecule has 1 rings (SSSR count). The molecule has 0 aliphatic carbocycles.